The number of alkyl halides is 2. The van der Waals surface area contributed by atoms with Gasteiger partial charge in [0.2, 0.25) is 0 Å². The van der Waals surface area contributed by atoms with Crippen molar-refractivity contribution in [3.63, 3.8) is 0 Å². The molecule has 0 radical (unpaired) electrons. The smallest absolute Gasteiger partial charge is 0.266 e. The van der Waals surface area contributed by atoms with Gasteiger partial charge in [-0.25, -0.2) is 13.2 Å². The molecule has 0 amide bonds. The Balaban J connectivity index is 1.67. The largest absolute Gasteiger partial charge is 0.496 e. The Morgan fingerprint density at radius 2 is 2.12 bits per heavy atom. The predicted octanol–water partition coefficient (Wildman–Crippen LogP) is 5.67. The van der Waals surface area contributed by atoms with Crippen molar-refractivity contribution in [2.75, 3.05) is 31.0 Å². The van der Waals surface area contributed by atoms with E-state index in [4.69, 9.17) is 9.47 Å². The molecular formula is C24H24F3N3O2. The first-order chi connectivity index (χ1) is 15.4. The Kier molecular flexibility index (Phi) is 6.12. The van der Waals surface area contributed by atoms with E-state index in [1.54, 1.807) is 19.4 Å². The highest BCUT2D eigenvalue weighted by molar-refractivity contribution is 5.95. The van der Waals surface area contributed by atoms with E-state index in [-0.39, 0.29) is 18.2 Å². The number of hydrogen-bond donors (Lipinski definition) is 1. The topological polar surface area (TPSA) is 46.6 Å². The van der Waals surface area contributed by atoms with Crippen LogP contribution < -0.4 is 15.0 Å². The number of nitrogens with one attached hydrogen (secondary N) is 1. The lowest BCUT2D eigenvalue weighted by molar-refractivity contribution is 0.146. The van der Waals surface area contributed by atoms with Gasteiger partial charge in [0, 0.05) is 48.9 Å². The van der Waals surface area contributed by atoms with E-state index in [0.29, 0.717) is 23.6 Å². The third-order valence-electron chi connectivity index (χ3n) is 5.73. The van der Waals surface area contributed by atoms with Gasteiger partial charge in [-0.3, -0.25) is 4.98 Å². The molecule has 1 aliphatic heterocycles. The van der Waals surface area contributed by atoms with Crippen molar-refractivity contribution in [3.05, 3.63) is 71.9 Å². The van der Waals surface area contributed by atoms with E-state index in [2.05, 4.69) is 21.8 Å². The molecule has 1 unspecified atom stereocenters. The number of ether oxygens (including phenoxy) is 2. The fraction of sp³-hybridized carbons (Fsp3) is 0.292. The summed E-state index contributed by atoms with van der Waals surface area (Å²) in [5.41, 5.74) is 1.82. The van der Waals surface area contributed by atoms with Crippen LogP contribution in [0.5, 0.6) is 5.75 Å². The molecule has 1 aliphatic rings. The molecule has 1 atom stereocenters. The lowest BCUT2D eigenvalue weighted by Crippen LogP contribution is -2.32. The average Bonchev–Trinajstić information content (AvgIpc) is 3.23. The molecule has 1 saturated heterocycles. The van der Waals surface area contributed by atoms with Crippen LogP contribution in [0.4, 0.5) is 24.5 Å². The van der Waals surface area contributed by atoms with Crippen LogP contribution in [0.25, 0.3) is 10.9 Å². The number of halogens is 3. The van der Waals surface area contributed by atoms with Gasteiger partial charge in [0.25, 0.3) is 6.43 Å². The third kappa shape index (κ3) is 4.17. The normalized spacial score (nSPS) is 15.8. The van der Waals surface area contributed by atoms with Crippen molar-refractivity contribution in [3.8, 4) is 5.75 Å². The van der Waals surface area contributed by atoms with Gasteiger partial charge in [-0.2, -0.15) is 0 Å². The molecular weight excluding hydrogens is 419 g/mol. The monoisotopic (exact) mass is 443 g/mol. The molecule has 2 heterocycles. The van der Waals surface area contributed by atoms with E-state index in [9.17, 15) is 13.2 Å². The molecule has 0 aliphatic carbocycles. The zero-order valence-corrected chi connectivity index (χ0v) is 17.9. The predicted molar refractivity (Wildman–Crippen MR) is 119 cm³/mol. The average molecular weight is 443 g/mol. The van der Waals surface area contributed by atoms with Crippen LogP contribution in [-0.2, 0) is 11.3 Å². The van der Waals surface area contributed by atoms with Crippen LogP contribution in [0.15, 0.2) is 54.9 Å². The number of hydrogen-bond acceptors (Lipinski definition) is 5. The highest BCUT2D eigenvalue weighted by atomic mass is 19.3. The van der Waals surface area contributed by atoms with Crippen LogP contribution in [0.2, 0.25) is 0 Å². The number of aromatic nitrogens is 1. The summed E-state index contributed by atoms with van der Waals surface area (Å²) in [7, 11) is 3.56. The molecule has 0 saturated carbocycles. The molecule has 8 heteroatoms. The highest BCUT2D eigenvalue weighted by Gasteiger charge is 2.26. The summed E-state index contributed by atoms with van der Waals surface area (Å²) in [6.45, 7) is 4.48. The summed E-state index contributed by atoms with van der Waals surface area (Å²) in [5, 5.41) is 3.97. The Bertz CT molecular complexity index is 1150. The minimum absolute atomic E-state index is 0.0546. The minimum Gasteiger partial charge on any atom is -0.496 e. The lowest BCUT2D eigenvalue weighted by atomic mass is 10.1. The molecule has 0 spiro atoms. The maximum Gasteiger partial charge on any atom is 0.266 e. The molecule has 3 aromatic rings. The maximum atomic E-state index is 14.4. The van der Waals surface area contributed by atoms with Crippen molar-refractivity contribution >= 4 is 22.3 Å². The number of methoxy groups -OCH3 is 1. The highest BCUT2D eigenvalue weighted by Crippen LogP contribution is 2.37. The van der Waals surface area contributed by atoms with Crippen molar-refractivity contribution in [2.24, 2.45) is 0 Å². The van der Waals surface area contributed by atoms with Crippen LogP contribution in [-0.4, -0.2) is 31.8 Å². The van der Waals surface area contributed by atoms with Crippen LogP contribution in [0, 0.1) is 5.82 Å². The minimum atomic E-state index is -2.86. The third-order valence-corrected chi connectivity index (χ3v) is 5.73. The quantitative estimate of drug-likeness (QED) is 0.510. The fourth-order valence-electron chi connectivity index (χ4n) is 3.89. The van der Waals surface area contributed by atoms with Crippen LogP contribution in [0.3, 0.4) is 0 Å². The molecule has 1 aromatic heterocycles. The van der Waals surface area contributed by atoms with E-state index in [1.165, 1.54) is 12.1 Å². The fourth-order valence-corrected chi connectivity index (χ4v) is 3.89. The molecule has 1 N–H and O–H groups in total. The summed E-state index contributed by atoms with van der Waals surface area (Å²) < 4.78 is 51.6. The number of rotatable bonds is 7. The van der Waals surface area contributed by atoms with E-state index < -0.39 is 17.8 Å². The second-order valence-electron chi connectivity index (χ2n) is 7.69. The van der Waals surface area contributed by atoms with Gasteiger partial charge in [0.1, 0.15) is 18.2 Å². The Labute approximate surface area is 184 Å². The van der Waals surface area contributed by atoms with Gasteiger partial charge in [-0.15, -0.1) is 0 Å². The Morgan fingerprint density at radius 1 is 1.31 bits per heavy atom. The number of benzene rings is 2. The molecule has 5 nitrogen and oxygen atoms in total. The van der Waals surface area contributed by atoms with Gasteiger partial charge in [0.05, 0.1) is 35.7 Å². The second kappa shape index (κ2) is 8.98. The van der Waals surface area contributed by atoms with Crippen LogP contribution in [0.1, 0.15) is 24.0 Å². The van der Waals surface area contributed by atoms with E-state index in [1.807, 2.05) is 19.2 Å². The Morgan fingerprint density at radius 3 is 2.81 bits per heavy atom. The number of likely N-dealkylation sites (N-methyl/N-ethyl adjacent to an activating group) is 1. The van der Waals surface area contributed by atoms with Gasteiger partial charge >= 0.3 is 0 Å². The lowest BCUT2D eigenvalue weighted by Gasteiger charge is -2.27. The van der Waals surface area contributed by atoms with Crippen molar-refractivity contribution in [2.45, 2.75) is 25.4 Å². The molecule has 1 fully saturated rings. The first kappa shape index (κ1) is 21.8. The summed E-state index contributed by atoms with van der Waals surface area (Å²) in [6.07, 6.45) is -0.512. The second-order valence-corrected chi connectivity index (χ2v) is 7.69. The number of anilines is 2. The maximum absolute atomic E-state index is 14.4. The van der Waals surface area contributed by atoms with E-state index >= 15 is 0 Å². The number of nitrogens with zero attached hydrogens (tertiary/aromatic N) is 2. The molecule has 4 rings (SSSR count). The van der Waals surface area contributed by atoms with Crippen molar-refractivity contribution < 1.29 is 22.6 Å². The summed E-state index contributed by atoms with van der Waals surface area (Å²) >= 11 is 0. The SMILES string of the molecule is C=C1CC(N(C)c2cc3c(NCc4cccc(C(F)F)c4F)ccnc3cc2OC)CO1. The summed E-state index contributed by atoms with van der Waals surface area (Å²) in [4.78, 5) is 6.50. The van der Waals surface area contributed by atoms with E-state index in [0.717, 1.165) is 29.3 Å². The standard InChI is InChI=1S/C24H24F3N3O2/c1-14-9-16(13-32-14)30(2)21-10-18-19(7-8-28-20(18)11-22(21)31-3)29-12-15-5-4-6-17(23(15)25)24(26)27/h4-8,10-11,16,24H,1,9,12-13H2,2-3H3,(H,28,29). The molecule has 0 bridgehead atoms. The summed E-state index contributed by atoms with van der Waals surface area (Å²) in [6, 6.07) is 9.71. The van der Waals surface area contributed by atoms with Gasteiger partial charge in [-0.05, 0) is 12.1 Å². The van der Waals surface area contributed by atoms with Crippen LogP contribution >= 0.6 is 0 Å². The van der Waals surface area contributed by atoms with Gasteiger partial charge in [-0.1, -0.05) is 24.8 Å². The number of pyridine rings is 1. The molecule has 2 aromatic carbocycles. The van der Waals surface area contributed by atoms with Gasteiger partial charge in [0.15, 0.2) is 0 Å². The van der Waals surface area contributed by atoms with Crippen molar-refractivity contribution in [1.29, 1.82) is 0 Å². The zero-order valence-electron chi connectivity index (χ0n) is 17.9. The van der Waals surface area contributed by atoms with Gasteiger partial charge < -0.3 is 19.7 Å². The molecule has 32 heavy (non-hydrogen) atoms. The zero-order chi connectivity index (χ0) is 22.8. The Hall–Kier alpha value is -3.42. The summed E-state index contributed by atoms with van der Waals surface area (Å²) in [5.74, 6) is 0.522. The first-order valence-electron chi connectivity index (χ1n) is 10.2. The van der Waals surface area contributed by atoms with Crippen molar-refractivity contribution in [1.82, 2.24) is 4.98 Å². The molecule has 168 valence electrons. The number of fused-ring (bicyclic) bond motifs is 1. The first-order valence-corrected chi connectivity index (χ1v) is 10.2.